The van der Waals surface area contributed by atoms with Gasteiger partial charge in [-0.05, 0) is 42.0 Å². The van der Waals surface area contributed by atoms with Gasteiger partial charge in [-0.25, -0.2) is 4.39 Å². The molecule has 2 unspecified atom stereocenters. The van der Waals surface area contributed by atoms with E-state index in [9.17, 15) is 9.18 Å². The Morgan fingerprint density at radius 3 is 2.89 bits per heavy atom. The second-order valence-corrected chi connectivity index (χ2v) is 5.39. The van der Waals surface area contributed by atoms with E-state index in [-0.39, 0.29) is 23.6 Å². The Balaban J connectivity index is 1.94. The first-order valence-corrected chi connectivity index (χ1v) is 6.64. The van der Waals surface area contributed by atoms with E-state index in [1.165, 1.54) is 6.07 Å². The minimum Gasteiger partial charge on any atom is -0.497 e. The largest absolute Gasteiger partial charge is 0.497 e. The summed E-state index contributed by atoms with van der Waals surface area (Å²) in [5.74, 6) is 1.06. The van der Waals surface area contributed by atoms with Crippen molar-refractivity contribution in [2.45, 2.75) is 26.2 Å². The highest BCUT2D eigenvalue weighted by Crippen LogP contribution is 2.48. The van der Waals surface area contributed by atoms with Crippen molar-refractivity contribution in [2.75, 3.05) is 13.7 Å². The summed E-state index contributed by atoms with van der Waals surface area (Å²) in [4.78, 5) is 11.5. The Kier molecular flexibility index (Phi) is 4.08. The predicted molar refractivity (Wildman–Crippen MR) is 71.6 cm³/mol. The molecule has 0 bridgehead atoms. The van der Waals surface area contributed by atoms with E-state index in [1.54, 1.807) is 19.2 Å². The van der Waals surface area contributed by atoms with Crippen LogP contribution in [0.2, 0.25) is 0 Å². The first-order valence-electron chi connectivity index (χ1n) is 6.64. The van der Waals surface area contributed by atoms with Crippen LogP contribution in [0.15, 0.2) is 18.2 Å². The van der Waals surface area contributed by atoms with Crippen LogP contribution >= 0.6 is 0 Å². The number of carbonyl (C=O) groups is 1. The third-order valence-electron chi connectivity index (χ3n) is 3.59. The van der Waals surface area contributed by atoms with E-state index in [2.05, 4.69) is 5.32 Å². The lowest BCUT2D eigenvalue weighted by Gasteiger charge is -2.08. The molecule has 1 fully saturated rings. The van der Waals surface area contributed by atoms with E-state index in [1.807, 2.05) is 13.8 Å². The Morgan fingerprint density at radius 1 is 1.53 bits per heavy atom. The zero-order chi connectivity index (χ0) is 14.0. The zero-order valence-corrected chi connectivity index (χ0v) is 11.6. The van der Waals surface area contributed by atoms with Crippen LogP contribution in [0.4, 0.5) is 4.39 Å². The van der Waals surface area contributed by atoms with Gasteiger partial charge >= 0.3 is 0 Å². The first kappa shape index (κ1) is 13.8. The maximum atomic E-state index is 13.8. The molecule has 0 aromatic heterocycles. The maximum Gasteiger partial charge on any atom is 0.222 e. The van der Waals surface area contributed by atoms with E-state index in [0.717, 1.165) is 6.42 Å². The number of nitrogens with one attached hydrogen (secondary N) is 1. The summed E-state index contributed by atoms with van der Waals surface area (Å²) >= 11 is 0. The first-order chi connectivity index (χ1) is 9.02. The van der Waals surface area contributed by atoms with E-state index < -0.39 is 0 Å². The van der Waals surface area contributed by atoms with Gasteiger partial charge in [-0.2, -0.15) is 0 Å². The van der Waals surface area contributed by atoms with Crippen molar-refractivity contribution in [3.05, 3.63) is 29.6 Å². The van der Waals surface area contributed by atoms with Crippen molar-refractivity contribution < 1.29 is 13.9 Å². The van der Waals surface area contributed by atoms with Crippen LogP contribution in [-0.4, -0.2) is 19.6 Å². The Labute approximate surface area is 113 Å². The van der Waals surface area contributed by atoms with Crippen LogP contribution in [0.25, 0.3) is 0 Å². The van der Waals surface area contributed by atoms with Crippen LogP contribution in [0, 0.1) is 17.7 Å². The van der Waals surface area contributed by atoms with Gasteiger partial charge in [0.15, 0.2) is 0 Å². The van der Waals surface area contributed by atoms with Crippen LogP contribution in [0.1, 0.15) is 31.7 Å². The van der Waals surface area contributed by atoms with Gasteiger partial charge in [-0.3, -0.25) is 4.79 Å². The molecule has 0 radical (unpaired) electrons. The fourth-order valence-corrected chi connectivity index (χ4v) is 2.22. The molecule has 1 saturated carbocycles. The van der Waals surface area contributed by atoms with E-state index in [0.29, 0.717) is 23.8 Å². The average Bonchev–Trinajstić information content (AvgIpc) is 3.15. The summed E-state index contributed by atoms with van der Waals surface area (Å²) in [7, 11) is 1.57. The van der Waals surface area contributed by atoms with Gasteiger partial charge in [0.25, 0.3) is 0 Å². The molecule has 0 aliphatic heterocycles. The fraction of sp³-hybridized carbons (Fsp3) is 0.533. The topological polar surface area (TPSA) is 38.3 Å². The SMILES string of the molecule is COc1ccc(F)c(C2CC2CNC(=O)C(C)C)c1. The van der Waals surface area contributed by atoms with Gasteiger partial charge in [0.05, 0.1) is 7.11 Å². The minimum absolute atomic E-state index is 0.00856. The van der Waals surface area contributed by atoms with Crippen LogP contribution in [0.3, 0.4) is 0 Å². The van der Waals surface area contributed by atoms with Crippen molar-refractivity contribution in [1.29, 1.82) is 0 Å². The molecule has 19 heavy (non-hydrogen) atoms. The number of hydrogen-bond acceptors (Lipinski definition) is 2. The Morgan fingerprint density at radius 2 is 2.26 bits per heavy atom. The highest BCUT2D eigenvalue weighted by Gasteiger charge is 2.40. The van der Waals surface area contributed by atoms with Gasteiger partial charge < -0.3 is 10.1 Å². The summed E-state index contributed by atoms with van der Waals surface area (Å²) < 4.78 is 18.9. The third kappa shape index (κ3) is 3.25. The molecule has 104 valence electrons. The second-order valence-electron chi connectivity index (χ2n) is 5.39. The molecule has 1 aromatic carbocycles. The molecule has 3 nitrogen and oxygen atoms in total. The zero-order valence-electron chi connectivity index (χ0n) is 11.6. The van der Waals surface area contributed by atoms with Crippen molar-refractivity contribution in [1.82, 2.24) is 5.32 Å². The summed E-state index contributed by atoms with van der Waals surface area (Å²) in [6.07, 6.45) is 0.919. The van der Waals surface area contributed by atoms with Crippen molar-refractivity contribution in [3.8, 4) is 5.75 Å². The monoisotopic (exact) mass is 265 g/mol. The minimum atomic E-state index is -0.191. The molecule has 1 aliphatic carbocycles. The van der Waals surface area contributed by atoms with Gasteiger partial charge in [0, 0.05) is 12.5 Å². The normalized spacial score (nSPS) is 21.3. The Hall–Kier alpha value is -1.58. The van der Waals surface area contributed by atoms with Gasteiger partial charge in [0.1, 0.15) is 11.6 Å². The standard InChI is InChI=1S/C15H20FNO2/c1-9(2)15(18)17-8-10-6-12(10)13-7-11(19-3)4-5-14(13)16/h4-5,7,9-10,12H,6,8H2,1-3H3,(H,17,18). The number of halogens is 1. The van der Waals surface area contributed by atoms with Crippen LogP contribution in [0.5, 0.6) is 5.75 Å². The molecule has 1 aromatic rings. The smallest absolute Gasteiger partial charge is 0.222 e. The molecule has 1 N–H and O–H groups in total. The maximum absolute atomic E-state index is 13.8. The summed E-state index contributed by atoms with van der Waals surface area (Å²) in [5.41, 5.74) is 0.697. The molecule has 0 spiro atoms. The van der Waals surface area contributed by atoms with E-state index >= 15 is 0 Å². The highest BCUT2D eigenvalue weighted by atomic mass is 19.1. The lowest BCUT2D eigenvalue weighted by atomic mass is 10.1. The van der Waals surface area contributed by atoms with Crippen LogP contribution in [-0.2, 0) is 4.79 Å². The second kappa shape index (κ2) is 5.59. The molecule has 0 saturated heterocycles. The van der Waals surface area contributed by atoms with Gasteiger partial charge in [-0.15, -0.1) is 0 Å². The number of methoxy groups -OCH3 is 1. The molecule has 4 heteroatoms. The van der Waals surface area contributed by atoms with Crippen molar-refractivity contribution >= 4 is 5.91 Å². The van der Waals surface area contributed by atoms with E-state index in [4.69, 9.17) is 4.74 Å². The third-order valence-corrected chi connectivity index (χ3v) is 3.59. The summed E-state index contributed by atoms with van der Waals surface area (Å²) in [6.45, 7) is 4.35. The molecule has 2 rings (SSSR count). The summed E-state index contributed by atoms with van der Waals surface area (Å²) in [6, 6.07) is 4.82. The Bertz CT molecular complexity index is 473. The quantitative estimate of drug-likeness (QED) is 0.889. The number of hydrogen-bond donors (Lipinski definition) is 1. The molecular formula is C15H20FNO2. The average molecular weight is 265 g/mol. The number of benzene rings is 1. The number of rotatable bonds is 5. The number of amides is 1. The van der Waals surface area contributed by atoms with Gasteiger partial charge in [0.2, 0.25) is 5.91 Å². The predicted octanol–water partition coefficient (Wildman–Crippen LogP) is 2.71. The lowest BCUT2D eigenvalue weighted by Crippen LogP contribution is -2.29. The molecule has 2 atom stereocenters. The lowest BCUT2D eigenvalue weighted by molar-refractivity contribution is -0.124. The summed E-state index contributed by atoms with van der Waals surface area (Å²) in [5, 5.41) is 2.90. The van der Waals surface area contributed by atoms with Crippen molar-refractivity contribution in [2.24, 2.45) is 11.8 Å². The molecular weight excluding hydrogens is 245 g/mol. The molecule has 1 amide bonds. The number of carbonyl (C=O) groups excluding carboxylic acids is 1. The van der Waals surface area contributed by atoms with Gasteiger partial charge in [-0.1, -0.05) is 13.8 Å². The molecule has 1 aliphatic rings. The fourth-order valence-electron chi connectivity index (χ4n) is 2.22. The highest BCUT2D eigenvalue weighted by molar-refractivity contribution is 5.77. The van der Waals surface area contributed by atoms with Crippen LogP contribution < -0.4 is 10.1 Å². The number of ether oxygens (including phenoxy) is 1. The van der Waals surface area contributed by atoms with Crippen molar-refractivity contribution in [3.63, 3.8) is 0 Å². The molecule has 0 heterocycles.